The molecule has 2 N–H and O–H groups in total. The molecular weight excluding hydrogens is 334 g/mol. The summed E-state index contributed by atoms with van der Waals surface area (Å²) in [6.45, 7) is 1.55. The van der Waals surface area contributed by atoms with Gasteiger partial charge in [-0.05, 0) is 41.3 Å². The van der Waals surface area contributed by atoms with Crippen molar-refractivity contribution in [2.75, 3.05) is 18.4 Å². The van der Waals surface area contributed by atoms with E-state index in [1.807, 2.05) is 42.6 Å². The first-order valence-electron chi connectivity index (χ1n) is 9.34. The third-order valence-electron chi connectivity index (χ3n) is 5.13. The average Bonchev–Trinajstić information content (AvgIpc) is 3.21. The highest BCUT2D eigenvalue weighted by molar-refractivity contribution is 5.93. The zero-order valence-corrected chi connectivity index (χ0v) is 15.1. The van der Waals surface area contributed by atoms with Crippen molar-refractivity contribution in [3.05, 3.63) is 95.8 Å². The Hall–Kier alpha value is -2.98. The van der Waals surface area contributed by atoms with Crippen LogP contribution in [0.15, 0.2) is 79.1 Å². The normalized spacial score (nSPS) is 19.0. The number of carbonyl (C=O) groups excluding carboxylic acids is 1. The molecule has 136 valence electrons. The Morgan fingerprint density at radius 3 is 2.52 bits per heavy atom. The van der Waals surface area contributed by atoms with Crippen LogP contribution in [0.2, 0.25) is 0 Å². The number of hydrogen-bond donors (Lipinski definition) is 2. The first-order valence-corrected chi connectivity index (χ1v) is 9.34. The minimum Gasteiger partial charge on any atom is -0.326 e. The highest BCUT2D eigenvalue weighted by atomic mass is 16.1. The van der Waals surface area contributed by atoms with Gasteiger partial charge in [-0.2, -0.15) is 0 Å². The maximum Gasteiger partial charge on any atom is 0.229 e. The molecule has 1 aliphatic rings. The van der Waals surface area contributed by atoms with Crippen LogP contribution in [0, 0.1) is 5.92 Å². The number of anilines is 1. The van der Waals surface area contributed by atoms with Crippen LogP contribution in [-0.4, -0.2) is 24.0 Å². The fourth-order valence-corrected chi connectivity index (χ4v) is 3.68. The van der Waals surface area contributed by atoms with Crippen molar-refractivity contribution in [1.82, 2.24) is 10.3 Å². The number of nitrogens with zero attached hydrogens (tertiary/aromatic N) is 1. The first kappa shape index (κ1) is 17.4. The number of amides is 1. The van der Waals surface area contributed by atoms with E-state index in [2.05, 4.69) is 45.9 Å². The van der Waals surface area contributed by atoms with Gasteiger partial charge in [0, 0.05) is 37.1 Å². The molecule has 1 aromatic heterocycles. The Morgan fingerprint density at radius 1 is 0.963 bits per heavy atom. The first-order chi connectivity index (χ1) is 13.3. The summed E-state index contributed by atoms with van der Waals surface area (Å²) in [6.07, 6.45) is 4.50. The van der Waals surface area contributed by atoms with Crippen molar-refractivity contribution in [3.63, 3.8) is 0 Å². The molecule has 1 amide bonds. The van der Waals surface area contributed by atoms with Gasteiger partial charge >= 0.3 is 0 Å². The smallest absolute Gasteiger partial charge is 0.229 e. The van der Waals surface area contributed by atoms with Crippen molar-refractivity contribution in [3.8, 4) is 0 Å². The SMILES string of the molecule is O=C(Nc1ccc(Cc2cccnc2)cc1)[C@H]1CNC[C@@H]1c1ccccc1. The van der Waals surface area contributed by atoms with Gasteiger partial charge in [-0.25, -0.2) is 0 Å². The molecule has 0 radical (unpaired) electrons. The van der Waals surface area contributed by atoms with Crippen LogP contribution >= 0.6 is 0 Å². The molecule has 1 saturated heterocycles. The number of benzene rings is 2. The van der Waals surface area contributed by atoms with Crippen LogP contribution in [0.1, 0.15) is 22.6 Å². The highest BCUT2D eigenvalue weighted by Crippen LogP contribution is 2.29. The van der Waals surface area contributed by atoms with Crippen molar-refractivity contribution < 1.29 is 4.79 Å². The second-order valence-corrected chi connectivity index (χ2v) is 7.01. The summed E-state index contributed by atoms with van der Waals surface area (Å²) in [7, 11) is 0. The van der Waals surface area contributed by atoms with Gasteiger partial charge in [0.05, 0.1) is 5.92 Å². The van der Waals surface area contributed by atoms with E-state index in [4.69, 9.17) is 0 Å². The van der Waals surface area contributed by atoms with Crippen LogP contribution in [0.4, 0.5) is 5.69 Å². The molecule has 0 spiro atoms. The zero-order chi connectivity index (χ0) is 18.5. The summed E-state index contributed by atoms with van der Waals surface area (Å²) >= 11 is 0. The monoisotopic (exact) mass is 357 g/mol. The average molecular weight is 357 g/mol. The molecule has 2 heterocycles. The van der Waals surface area contributed by atoms with Gasteiger partial charge in [0.1, 0.15) is 0 Å². The number of hydrogen-bond acceptors (Lipinski definition) is 3. The maximum atomic E-state index is 12.8. The molecule has 0 unspecified atom stereocenters. The fraction of sp³-hybridized carbons (Fsp3) is 0.217. The molecule has 4 nitrogen and oxygen atoms in total. The Balaban J connectivity index is 1.40. The van der Waals surface area contributed by atoms with E-state index in [9.17, 15) is 4.79 Å². The van der Waals surface area contributed by atoms with Gasteiger partial charge in [0.15, 0.2) is 0 Å². The Labute approximate surface area is 159 Å². The largest absolute Gasteiger partial charge is 0.326 e. The number of nitrogens with one attached hydrogen (secondary N) is 2. The molecule has 1 aliphatic heterocycles. The maximum absolute atomic E-state index is 12.8. The van der Waals surface area contributed by atoms with E-state index in [1.54, 1.807) is 6.20 Å². The summed E-state index contributed by atoms with van der Waals surface area (Å²) in [6, 6.07) is 22.4. The van der Waals surface area contributed by atoms with Gasteiger partial charge in [-0.15, -0.1) is 0 Å². The molecule has 2 aromatic carbocycles. The number of aromatic nitrogens is 1. The quantitative estimate of drug-likeness (QED) is 0.733. The molecule has 3 aromatic rings. The van der Waals surface area contributed by atoms with E-state index in [1.165, 1.54) is 16.7 Å². The molecule has 4 heteroatoms. The lowest BCUT2D eigenvalue weighted by molar-refractivity contribution is -0.119. The zero-order valence-electron chi connectivity index (χ0n) is 15.1. The van der Waals surface area contributed by atoms with Gasteiger partial charge in [-0.1, -0.05) is 48.5 Å². The second kappa shape index (κ2) is 8.14. The standard InChI is InChI=1S/C23H23N3O/c27-23(22-16-25-15-21(22)19-6-2-1-3-7-19)26-20-10-8-17(9-11-20)13-18-5-4-12-24-14-18/h1-12,14,21-22,25H,13,15-16H2,(H,26,27)/t21-,22+/m1/s1. The van der Waals surface area contributed by atoms with E-state index < -0.39 is 0 Å². The second-order valence-electron chi connectivity index (χ2n) is 7.01. The van der Waals surface area contributed by atoms with Gasteiger partial charge in [0.25, 0.3) is 0 Å². The Kier molecular flexibility index (Phi) is 5.26. The van der Waals surface area contributed by atoms with Crippen LogP contribution in [-0.2, 0) is 11.2 Å². The third kappa shape index (κ3) is 4.23. The minimum absolute atomic E-state index is 0.0533. The van der Waals surface area contributed by atoms with Gasteiger partial charge < -0.3 is 10.6 Å². The lowest BCUT2D eigenvalue weighted by atomic mass is 9.88. The molecule has 0 saturated carbocycles. The van der Waals surface area contributed by atoms with Gasteiger partial charge in [0.2, 0.25) is 5.91 Å². The van der Waals surface area contributed by atoms with Crippen LogP contribution in [0.5, 0.6) is 0 Å². The van der Waals surface area contributed by atoms with E-state index in [0.717, 1.165) is 18.7 Å². The predicted molar refractivity (Wildman–Crippen MR) is 108 cm³/mol. The lowest BCUT2D eigenvalue weighted by Gasteiger charge is -2.18. The van der Waals surface area contributed by atoms with Crippen LogP contribution in [0.3, 0.4) is 0 Å². The number of carbonyl (C=O) groups is 1. The molecule has 0 aliphatic carbocycles. The van der Waals surface area contributed by atoms with Crippen molar-refractivity contribution in [2.24, 2.45) is 5.92 Å². The Morgan fingerprint density at radius 2 is 1.78 bits per heavy atom. The molecule has 1 fully saturated rings. The van der Waals surface area contributed by atoms with E-state index in [0.29, 0.717) is 6.54 Å². The summed E-state index contributed by atoms with van der Waals surface area (Å²) in [5.74, 6) is 0.243. The predicted octanol–water partition coefficient (Wildman–Crippen LogP) is 3.61. The van der Waals surface area contributed by atoms with Gasteiger partial charge in [-0.3, -0.25) is 9.78 Å². The number of rotatable bonds is 5. The van der Waals surface area contributed by atoms with E-state index >= 15 is 0 Å². The molecule has 0 bridgehead atoms. The summed E-state index contributed by atoms with van der Waals surface area (Å²) in [4.78, 5) is 17.0. The summed E-state index contributed by atoms with van der Waals surface area (Å²) in [5, 5.41) is 6.44. The van der Waals surface area contributed by atoms with Crippen molar-refractivity contribution in [1.29, 1.82) is 0 Å². The van der Waals surface area contributed by atoms with E-state index in [-0.39, 0.29) is 17.7 Å². The number of pyridine rings is 1. The highest BCUT2D eigenvalue weighted by Gasteiger charge is 2.33. The fourth-order valence-electron chi connectivity index (χ4n) is 3.68. The summed E-state index contributed by atoms with van der Waals surface area (Å²) in [5.41, 5.74) is 4.44. The molecule has 2 atom stereocenters. The topological polar surface area (TPSA) is 54.0 Å². The lowest BCUT2D eigenvalue weighted by Crippen LogP contribution is -2.28. The summed E-state index contributed by atoms with van der Waals surface area (Å²) < 4.78 is 0. The van der Waals surface area contributed by atoms with Crippen molar-refractivity contribution >= 4 is 11.6 Å². The van der Waals surface area contributed by atoms with Crippen LogP contribution < -0.4 is 10.6 Å². The molecule has 4 rings (SSSR count). The minimum atomic E-state index is -0.0533. The Bertz CT molecular complexity index is 879. The third-order valence-corrected chi connectivity index (χ3v) is 5.13. The molecule has 27 heavy (non-hydrogen) atoms. The molecular formula is C23H23N3O. The van der Waals surface area contributed by atoms with Crippen LogP contribution in [0.25, 0.3) is 0 Å². The van der Waals surface area contributed by atoms with Crippen molar-refractivity contribution in [2.45, 2.75) is 12.3 Å².